The molecule has 0 spiro atoms. The van der Waals surface area contributed by atoms with E-state index in [1.807, 2.05) is 0 Å². The number of hydrogen-bond acceptors (Lipinski definition) is 4. The highest BCUT2D eigenvalue weighted by Crippen LogP contribution is 2.46. The number of aliphatic hydroxyl groups excluding tert-OH is 1. The van der Waals surface area contributed by atoms with Gasteiger partial charge < -0.3 is 19.9 Å². The Labute approximate surface area is 172 Å². The number of halogens is 3. The molecule has 0 aliphatic carbocycles. The first-order valence-corrected chi connectivity index (χ1v) is 9.70. The van der Waals surface area contributed by atoms with Gasteiger partial charge in [0, 0.05) is 30.2 Å². The van der Waals surface area contributed by atoms with Crippen LogP contribution in [0.5, 0.6) is 11.5 Å². The number of nitrogens with one attached hydrogen (secondary N) is 1. The van der Waals surface area contributed by atoms with Crippen LogP contribution in [0.1, 0.15) is 19.3 Å². The van der Waals surface area contributed by atoms with Gasteiger partial charge in [0.05, 0.1) is 16.6 Å². The van der Waals surface area contributed by atoms with E-state index in [0.717, 1.165) is 0 Å². The average Bonchev–Trinajstić information content (AvgIpc) is 2.66. The van der Waals surface area contributed by atoms with E-state index in [1.54, 1.807) is 18.2 Å². The third kappa shape index (κ3) is 4.87. The molecular weight excluding hydrogens is 408 g/mol. The summed E-state index contributed by atoms with van der Waals surface area (Å²) in [4.78, 5) is 11.9. The topological polar surface area (TPSA) is 67.8 Å². The first-order chi connectivity index (χ1) is 13.5. The van der Waals surface area contributed by atoms with Gasteiger partial charge in [-0.15, -0.1) is 0 Å². The van der Waals surface area contributed by atoms with E-state index in [1.165, 1.54) is 12.1 Å². The third-order valence-corrected chi connectivity index (χ3v) is 4.93. The molecule has 0 fully saturated rings. The molecular formula is C20H20Cl2FNO4. The van der Waals surface area contributed by atoms with E-state index in [-0.39, 0.29) is 31.4 Å². The molecule has 0 aromatic heterocycles. The van der Waals surface area contributed by atoms with Crippen LogP contribution in [0.25, 0.3) is 11.1 Å². The number of carbonyl (C=O) groups is 1. The van der Waals surface area contributed by atoms with Gasteiger partial charge in [-0.1, -0.05) is 29.3 Å². The molecule has 8 heteroatoms. The lowest BCUT2D eigenvalue weighted by Gasteiger charge is -2.29. The van der Waals surface area contributed by atoms with Crippen molar-refractivity contribution in [2.45, 2.75) is 25.4 Å². The number of hydrogen-bond donors (Lipinski definition) is 2. The number of fused-ring (bicyclic) bond motifs is 1. The molecule has 1 aliphatic heterocycles. The minimum absolute atomic E-state index is 0.0631. The largest absolute Gasteiger partial charge is 0.486 e. The molecule has 5 nitrogen and oxygen atoms in total. The number of ether oxygens (including phenoxy) is 2. The standard InChI is InChI=1S/C20H20Cl2FNO4/c21-15-4-3-5-16(22)19(15)14-8-12(23)9-17-20(14)28-13(11-27-17)10-24-18(26)6-1-2-7-25/h3-5,8-9,13,25H,1-2,6-7,10-11H2,(H,24,26)/t13-/m0/s1. The Morgan fingerprint density at radius 2 is 2.00 bits per heavy atom. The Kier molecular flexibility index (Phi) is 6.99. The van der Waals surface area contributed by atoms with E-state index in [2.05, 4.69) is 5.32 Å². The van der Waals surface area contributed by atoms with E-state index in [0.29, 0.717) is 46.2 Å². The molecule has 1 amide bonds. The van der Waals surface area contributed by atoms with Gasteiger partial charge in [-0.2, -0.15) is 0 Å². The van der Waals surface area contributed by atoms with E-state index < -0.39 is 11.9 Å². The normalized spacial score (nSPS) is 15.4. The molecule has 0 saturated carbocycles. The van der Waals surface area contributed by atoms with E-state index in [4.69, 9.17) is 37.8 Å². The maximum absolute atomic E-state index is 14.1. The number of amides is 1. The van der Waals surface area contributed by atoms with Crippen LogP contribution in [-0.2, 0) is 4.79 Å². The summed E-state index contributed by atoms with van der Waals surface area (Å²) >= 11 is 12.6. The molecule has 0 radical (unpaired) electrons. The summed E-state index contributed by atoms with van der Waals surface area (Å²) in [5, 5.41) is 12.3. The summed E-state index contributed by atoms with van der Waals surface area (Å²) in [6, 6.07) is 7.56. The first-order valence-electron chi connectivity index (χ1n) is 8.94. The Hall–Kier alpha value is -2.02. The summed E-state index contributed by atoms with van der Waals surface area (Å²) < 4.78 is 25.8. The van der Waals surface area contributed by atoms with Crippen molar-refractivity contribution in [3.63, 3.8) is 0 Å². The van der Waals surface area contributed by atoms with Gasteiger partial charge >= 0.3 is 0 Å². The lowest BCUT2D eigenvalue weighted by atomic mass is 10.0. The van der Waals surface area contributed by atoms with Crippen molar-refractivity contribution in [2.75, 3.05) is 19.8 Å². The summed E-state index contributed by atoms with van der Waals surface area (Å²) in [6.45, 7) is 0.473. The minimum atomic E-state index is -0.496. The summed E-state index contributed by atoms with van der Waals surface area (Å²) in [7, 11) is 0. The van der Waals surface area contributed by atoms with E-state index in [9.17, 15) is 9.18 Å². The maximum Gasteiger partial charge on any atom is 0.220 e. The fourth-order valence-corrected chi connectivity index (χ4v) is 3.54. The molecule has 1 heterocycles. The van der Waals surface area contributed by atoms with Gasteiger partial charge in [-0.3, -0.25) is 4.79 Å². The molecule has 28 heavy (non-hydrogen) atoms. The van der Waals surface area contributed by atoms with Crippen LogP contribution in [0.4, 0.5) is 4.39 Å². The molecule has 0 unspecified atom stereocenters. The van der Waals surface area contributed by atoms with Crippen molar-refractivity contribution in [2.24, 2.45) is 0 Å². The van der Waals surface area contributed by atoms with Crippen molar-refractivity contribution in [3.8, 4) is 22.6 Å². The van der Waals surface area contributed by atoms with Crippen molar-refractivity contribution in [1.82, 2.24) is 5.32 Å². The highest BCUT2D eigenvalue weighted by atomic mass is 35.5. The Bertz CT molecular complexity index is 842. The molecule has 2 N–H and O–H groups in total. The predicted molar refractivity (Wildman–Crippen MR) is 106 cm³/mol. The number of aliphatic hydroxyl groups is 1. The SMILES string of the molecule is O=C(CCCCO)NC[C@H]1COc2cc(F)cc(-c3c(Cl)cccc3Cl)c2O1. The van der Waals surface area contributed by atoms with Gasteiger partial charge in [0.25, 0.3) is 0 Å². The summed E-state index contributed by atoms with van der Waals surface area (Å²) in [6.07, 6.45) is 1.08. The molecule has 2 aromatic carbocycles. The summed E-state index contributed by atoms with van der Waals surface area (Å²) in [5.41, 5.74) is 0.850. The lowest BCUT2D eigenvalue weighted by molar-refractivity contribution is -0.121. The molecule has 1 aliphatic rings. The quantitative estimate of drug-likeness (QED) is 0.649. The predicted octanol–water partition coefficient (Wildman–Crippen LogP) is 4.22. The van der Waals surface area contributed by atoms with Crippen LogP contribution in [0.2, 0.25) is 10.0 Å². The van der Waals surface area contributed by atoms with E-state index >= 15 is 0 Å². The highest BCUT2D eigenvalue weighted by Gasteiger charge is 2.27. The van der Waals surface area contributed by atoms with Crippen LogP contribution in [-0.4, -0.2) is 36.9 Å². The lowest BCUT2D eigenvalue weighted by Crippen LogP contribution is -2.40. The molecule has 0 saturated heterocycles. The van der Waals surface area contributed by atoms with Crippen LogP contribution in [0.3, 0.4) is 0 Å². The zero-order chi connectivity index (χ0) is 20.1. The fraction of sp³-hybridized carbons (Fsp3) is 0.350. The fourth-order valence-electron chi connectivity index (χ4n) is 2.94. The van der Waals surface area contributed by atoms with Gasteiger partial charge in [0.2, 0.25) is 5.91 Å². The first kappa shape index (κ1) is 20.7. The Morgan fingerprint density at radius 1 is 1.25 bits per heavy atom. The van der Waals surface area contributed by atoms with Crippen molar-refractivity contribution in [1.29, 1.82) is 0 Å². The summed E-state index contributed by atoms with van der Waals surface area (Å²) in [5.74, 6) is -0.0287. The number of benzene rings is 2. The van der Waals surface area contributed by atoms with Crippen molar-refractivity contribution < 1.29 is 23.8 Å². The third-order valence-electron chi connectivity index (χ3n) is 4.30. The second kappa shape index (κ2) is 9.45. The van der Waals surface area contributed by atoms with Crippen LogP contribution in [0, 0.1) is 5.82 Å². The average molecular weight is 428 g/mol. The van der Waals surface area contributed by atoms with Crippen molar-refractivity contribution >= 4 is 29.1 Å². The highest BCUT2D eigenvalue weighted by molar-refractivity contribution is 6.39. The van der Waals surface area contributed by atoms with Gasteiger partial charge in [-0.25, -0.2) is 4.39 Å². The Balaban J connectivity index is 1.78. The monoisotopic (exact) mass is 427 g/mol. The minimum Gasteiger partial charge on any atom is -0.486 e. The molecule has 3 rings (SSSR count). The van der Waals surface area contributed by atoms with Gasteiger partial charge in [0.1, 0.15) is 18.5 Å². The number of unbranched alkanes of at least 4 members (excludes halogenated alkanes) is 1. The molecule has 2 aromatic rings. The smallest absolute Gasteiger partial charge is 0.220 e. The van der Waals surface area contributed by atoms with Crippen molar-refractivity contribution in [3.05, 3.63) is 46.2 Å². The maximum atomic E-state index is 14.1. The zero-order valence-electron chi connectivity index (χ0n) is 15.0. The van der Waals surface area contributed by atoms with Crippen LogP contribution >= 0.6 is 23.2 Å². The van der Waals surface area contributed by atoms with Gasteiger partial charge in [-0.05, 0) is 31.0 Å². The van der Waals surface area contributed by atoms with Crippen LogP contribution < -0.4 is 14.8 Å². The number of rotatable bonds is 7. The second-order valence-corrected chi connectivity index (χ2v) is 7.23. The zero-order valence-corrected chi connectivity index (χ0v) is 16.5. The Morgan fingerprint density at radius 3 is 2.71 bits per heavy atom. The molecule has 0 bridgehead atoms. The molecule has 150 valence electrons. The molecule has 1 atom stereocenters. The van der Waals surface area contributed by atoms with Crippen LogP contribution in [0.15, 0.2) is 30.3 Å². The second-order valence-electron chi connectivity index (χ2n) is 6.41. The van der Waals surface area contributed by atoms with Gasteiger partial charge in [0.15, 0.2) is 11.5 Å². The number of carbonyl (C=O) groups excluding carboxylic acids is 1.